The van der Waals surface area contributed by atoms with Crippen LogP contribution in [0.2, 0.25) is 0 Å². The Hall–Kier alpha value is -2.77. The van der Waals surface area contributed by atoms with Crippen molar-refractivity contribution in [2.45, 2.75) is 38.0 Å². The Morgan fingerprint density at radius 1 is 1.15 bits per heavy atom. The van der Waals surface area contributed by atoms with E-state index in [0.717, 1.165) is 35.7 Å². The highest BCUT2D eigenvalue weighted by molar-refractivity contribution is 8.04. The Labute approximate surface area is 200 Å². The first-order valence-corrected chi connectivity index (χ1v) is 12.5. The van der Waals surface area contributed by atoms with Crippen LogP contribution < -0.4 is 20.3 Å². The number of fused-ring (bicyclic) bond motifs is 1. The fourth-order valence-corrected chi connectivity index (χ4v) is 4.66. The van der Waals surface area contributed by atoms with Crippen molar-refractivity contribution in [2.75, 3.05) is 38.6 Å². The van der Waals surface area contributed by atoms with Gasteiger partial charge in [0.1, 0.15) is 5.75 Å². The van der Waals surface area contributed by atoms with Gasteiger partial charge in [0.15, 0.2) is 0 Å². The van der Waals surface area contributed by atoms with Crippen LogP contribution in [0.15, 0.2) is 52.3 Å². The molecule has 176 valence electrons. The molecular formula is C26H34N3O3S+. The van der Waals surface area contributed by atoms with Crippen LogP contribution >= 0.6 is 11.8 Å². The number of hydrogen-bond acceptors (Lipinski definition) is 4. The number of rotatable bonds is 11. The topological polar surface area (TPSA) is 71.9 Å². The summed E-state index contributed by atoms with van der Waals surface area (Å²) in [5, 5.41) is 5.93. The van der Waals surface area contributed by atoms with Gasteiger partial charge in [0.05, 0.1) is 37.3 Å². The second-order valence-corrected chi connectivity index (χ2v) is 9.20. The summed E-state index contributed by atoms with van der Waals surface area (Å²) in [6, 6.07) is 13.0. The van der Waals surface area contributed by atoms with Crippen molar-refractivity contribution in [3.8, 4) is 5.75 Å². The number of methoxy groups -OCH3 is 1. The lowest BCUT2D eigenvalue weighted by Crippen LogP contribution is -3.11. The summed E-state index contributed by atoms with van der Waals surface area (Å²) in [4.78, 5) is 28.3. The van der Waals surface area contributed by atoms with Crippen molar-refractivity contribution in [3.05, 3.63) is 58.5 Å². The SMILES string of the molecule is CCCC[NH+](CC)CCCNC(=O)c1ccc2c(c1)NC(=O)C(=Cc1cccc(OC)c1)S2. The van der Waals surface area contributed by atoms with Crippen LogP contribution in [0.5, 0.6) is 5.75 Å². The average Bonchev–Trinajstić information content (AvgIpc) is 2.83. The predicted molar refractivity (Wildman–Crippen MR) is 135 cm³/mol. The van der Waals surface area contributed by atoms with E-state index in [2.05, 4.69) is 24.5 Å². The molecule has 2 aromatic carbocycles. The molecule has 1 atom stereocenters. The molecule has 7 heteroatoms. The van der Waals surface area contributed by atoms with Crippen molar-refractivity contribution in [3.63, 3.8) is 0 Å². The molecule has 1 unspecified atom stereocenters. The molecule has 0 spiro atoms. The van der Waals surface area contributed by atoms with E-state index in [4.69, 9.17) is 4.74 Å². The van der Waals surface area contributed by atoms with E-state index in [1.807, 2.05) is 42.5 Å². The summed E-state index contributed by atoms with van der Waals surface area (Å²) in [7, 11) is 1.62. The van der Waals surface area contributed by atoms with E-state index < -0.39 is 0 Å². The van der Waals surface area contributed by atoms with E-state index in [0.29, 0.717) is 22.7 Å². The third-order valence-electron chi connectivity index (χ3n) is 5.70. The van der Waals surface area contributed by atoms with Crippen LogP contribution in [0.25, 0.3) is 6.08 Å². The third-order valence-corrected chi connectivity index (χ3v) is 6.80. The van der Waals surface area contributed by atoms with E-state index in [1.54, 1.807) is 18.1 Å². The number of quaternary nitrogens is 1. The number of amides is 2. The maximum absolute atomic E-state index is 12.6. The summed E-state index contributed by atoms with van der Waals surface area (Å²) in [5.41, 5.74) is 2.12. The van der Waals surface area contributed by atoms with E-state index in [1.165, 1.54) is 31.1 Å². The molecule has 33 heavy (non-hydrogen) atoms. The number of ether oxygens (including phenoxy) is 1. The number of anilines is 1. The Balaban J connectivity index is 1.58. The minimum Gasteiger partial charge on any atom is -0.497 e. The largest absolute Gasteiger partial charge is 0.497 e. The number of carbonyl (C=O) groups is 2. The predicted octanol–water partition coefficient (Wildman–Crippen LogP) is 3.61. The van der Waals surface area contributed by atoms with Crippen LogP contribution in [-0.4, -0.2) is 45.1 Å². The Morgan fingerprint density at radius 2 is 1.97 bits per heavy atom. The molecule has 2 amide bonds. The summed E-state index contributed by atoms with van der Waals surface area (Å²) < 4.78 is 5.25. The van der Waals surface area contributed by atoms with Gasteiger partial charge in [-0.25, -0.2) is 0 Å². The van der Waals surface area contributed by atoms with E-state index >= 15 is 0 Å². The van der Waals surface area contributed by atoms with Gasteiger partial charge in [0, 0.05) is 23.4 Å². The van der Waals surface area contributed by atoms with Crippen LogP contribution in [0.4, 0.5) is 5.69 Å². The molecule has 0 saturated heterocycles. The summed E-state index contributed by atoms with van der Waals surface area (Å²) in [6.07, 6.45) is 5.25. The zero-order valence-electron chi connectivity index (χ0n) is 19.7. The number of unbranched alkanes of at least 4 members (excludes halogenated alkanes) is 1. The van der Waals surface area contributed by atoms with Gasteiger partial charge in [-0.05, 0) is 55.3 Å². The molecule has 0 radical (unpaired) electrons. The Bertz CT molecular complexity index is 1010. The second kappa shape index (κ2) is 12.5. The molecule has 2 aromatic rings. The lowest BCUT2D eigenvalue weighted by Gasteiger charge is -2.20. The monoisotopic (exact) mass is 468 g/mol. The van der Waals surface area contributed by atoms with Crippen LogP contribution in [0.3, 0.4) is 0 Å². The van der Waals surface area contributed by atoms with Gasteiger partial charge in [0.2, 0.25) is 0 Å². The zero-order valence-corrected chi connectivity index (χ0v) is 20.5. The summed E-state index contributed by atoms with van der Waals surface area (Å²) in [6.45, 7) is 8.45. The lowest BCUT2D eigenvalue weighted by molar-refractivity contribution is -0.898. The van der Waals surface area contributed by atoms with Gasteiger partial charge in [-0.15, -0.1) is 0 Å². The standard InChI is InChI=1S/C26H33N3O3S/c1-4-6-14-29(5-2)15-8-13-27-25(30)20-11-12-23-22(18-20)28-26(31)24(33-23)17-19-9-7-10-21(16-19)32-3/h7,9-12,16-18H,4-6,8,13-15H2,1-3H3,(H,27,30)(H,28,31)/p+1. The van der Waals surface area contributed by atoms with Gasteiger partial charge in [-0.3, -0.25) is 9.59 Å². The molecular weight excluding hydrogens is 434 g/mol. The van der Waals surface area contributed by atoms with Gasteiger partial charge in [0.25, 0.3) is 11.8 Å². The van der Waals surface area contributed by atoms with Crippen molar-refractivity contribution in [1.82, 2.24) is 5.32 Å². The zero-order chi connectivity index (χ0) is 23.6. The highest BCUT2D eigenvalue weighted by Crippen LogP contribution is 2.39. The van der Waals surface area contributed by atoms with Crippen molar-refractivity contribution in [2.24, 2.45) is 0 Å². The van der Waals surface area contributed by atoms with Crippen molar-refractivity contribution >= 4 is 35.3 Å². The molecule has 0 bridgehead atoms. The smallest absolute Gasteiger partial charge is 0.262 e. The maximum Gasteiger partial charge on any atom is 0.262 e. The maximum atomic E-state index is 12.6. The first-order chi connectivity index (χ1) is 16.0. The molecule has 1 heterocycles. The van der Waals surface area contributed by atoms with Gasteiger partial charge in [-0.1, -0.05) is 37.2 Å². The Kier molecular flexibility index (Phi) is 9.39. The van der Waals surface area contributed by atoms with Gasteiger partial charge < -0.3 is 20.3 Å². The first kappa shape index (κ1) is 24.9. The molecule has 0 fully saturated rings. The minimum absolute atomic E-state index is 0.110. The third kappa shape index (κ3) is 7.11. The highest BCUT2D eigenvalue weighted by Gasteiger charge is 2.22. The van der Waals surface area contributed by atoms with Crippen LogP contribution in [0.1, 0.15) is 49.0 Å². The lowest BCUT2D eigenvalue weighted by atomic mass is 10.1. The molecule has 1 aliphatic heterocycles. The van der Waals surface area contributed by atoms with Gasteiger partial charge in [-0.2, -0.15) is 0 Å². The fourth-order valence-electron chi connectivity index (χ4n) is 3.73. The normalized spacial score (nSPS) is 15.0. The minimum atomic E-state index is -0.178. The molecule has 3 rings (SSSR count). The van der Waals surface area contributed by atoms with E-state index in [9.17, 15) is 9.59 Å². The second-order valence-electron chi connectivity index (χ2n) is 8.12. The molecule has 0 aliphatic carbocycles. The number of hydrogen-bond donors (Lipinski definition) is 3. The number of benzene rings is 2. The van der Waals surface area contributed by atoms with Crippen molar-refractivity contribution < 1.29 is 19.2 Å². The highest BCUT2D eigenvalue weighted by atomic mass is 32.2. The average molecular weight is 469 g/mol. The van der Waals surface area contributed by atoms with Crippen LogP contribution in [-0.2, 0) is 4.79 Å². The number of nitrogens with one attached hydrogen (secondary N) is 3. The quantitative estimate of drug-likeness (QED) is 0.348. The van der Waals surface area contributed by atoms with Crippen molar-refractivity contribution in [1.29, 1.82) is 0 Å². The van der Waals surface area contributed by atoms with Crippen LogP contribution in [0, 0.1) is 0 Å². The summed E-state index contributed by atoms with van der Waals surface area (Å²) >= 11 is 1.40. The van der Waals surface area contributed by atoms with E-state index in [-0.39, 0.29) is 11.8 Å². The molecule has 6 nitrogen and oxygen atoms in total. The molecule has 3 N–H and O–H groups in total. The Morgan fingerprint density at radius 3 is 2.73 bits per heavy atom. The molecule has 0 saturated carbocycles. The van der Waals surface area contributed by atoms with Gasteiger partial charge >= 0.3 is 0 Å². The first-order valence-electron chi connectivity index (χ1n) is 11.6. The molecule has 1 aliphatic rings. The summed E-state index contributed by atoms with van der Waals surface area (Å²) in [5.74, 6) is 0.454. The number of thioether (sulfide) groups is 1. The fraction of sp³-hybridized carbons (Fsp3) is 0.385. The molecule has 0 aromatic heterocycles. The number of carbonyl (C=O) groups excluding carboxylic acids is 2.